The van der Waals surface area contributed by atoms with E-state index in [9.17, 15) is 14.4 Å². The van der Waals surface area contributed by atoms with Crippen molar-refractivity contribution in [2.45, 2.75) is 78.9 Å². The Bertz CT molecular complexity index is 782. The second-order valence-electron chi connectivity index (χ2n) is 9.15. The van der Waals surface area contributed by atoms with E-state index in [0.717, 1.165) is 13.0 Å². The van der Waals surface area contributed by atoms with Crippen LogP contribution in [-0.2, 0) is 25.5 Å². The van der Waals surface area contributed by atoms with Gasteiger partial charge in [0.2, 0.25) is 5.91 Å². The molecule has 0 bridgehead atoms. The molecule has 1 aliphatic rings. The second-order valence-corrected chi connectivity index (χ2v) is 9.15. The van der Waals surface area contributed by atoms with Crippen LogP contribution in [0.3, 0.4) is 0 Å². The van der Waals surface area contributed by atoms with Gasteiger partial charge in [-0.25, -0.2) is 0 Å². The first-order valence-corrected chi connectivity index (χ1v) is 10.9. The van der Waals surface area contributed by atoms with Crippen molar-refractivity contribution in [1.82, 2.24) is 4.90 Å². The fourth-order valence-corrected chi connectivity index (χ4v) is 3.82. The number of aryl methyl sites for hydroxylation is 2. The quantitative estimate of drug-likeness (QED) is 0.501. The van der Waals surface area contributed by atoms with Crippen molar-refractivity contribution in [3.05, 3.63) is 29.3 Å². The van der Waals surface area contributed by atoms with E-state index in [1.165, 1.54) is 16.8 Å². The standard InChI is InChI=1S/C24H36N2O4/c1-7-19-14-20(9-8-17(19)2)26-13-12-25(16-18(26)3)22(28)11-10-21(27)15-23(29)30-24(4,5)6/h8-9,14,18H,7,10-13,15-16H2,1-6H3/t18-/m0/s1. The Morgan fingerprint density at radius 3 is 2.43 bits per heavy atom. The zero-order valence-corrected chi connectivity index (χ0v) is 19.3. The van der Waals surface area contributed by atoms with Crippen LogP contribution in [0.25, 0.3) is 0 Å². The van der Waals surface area contributed by atoms with E-state index in [-0.39, 0.29) is 37.0 Å². The number of Topliss-reactive ketones (excluding diaryl/α,β-unsaturated/α-hetero) is 1. The number of hydrogen-bond acceptors (Lipinski definition) is 5. The Kier molecular flexibility index (Phi) is 8.04. The van der Waals surface area contributed by atoms with Gasteiger partial charge in [0.15, 0.2) is 0 Å². The Morgan fingerprint density at radius 1 is 1.13 bits per heavy atom. The Morgan fingerprint density at radius 2 is 1.83 bits per heavy atom. The van der Waals surface area contributed by atoms with E-state index in [4.69, 9.17) is 4.74 Å². The lowest BCUT2D eigenvalue weighted by molar-refractivity contribution is -0.156. The highest BCUT2D eigenvalue weighted by molar-refractivity contribution is 5.97. The molecular formula is C24H36N2O4. The van der Waals surface area contributed by atoms with E-state index in [1.807, 2.05) is 4.90 Å². The van der Waals surface area contributed by atoms with Crippen LogP contribution in [0.2, 0.25) is 0 Å². The van der Waals surface area contributed by atoms with Crippen LogP contribution < -0.4 is 4.90 Å². The molecular weight excluding hydrogens is 380 g/mol. The molecule has 6 nitrogen and oxygen atoms in total. The molecule has 1 fully saturated rings. The number of piperazine rings is 1. The lowest BCUT2D eigenvalue weighted by Gasteiger charge is -2.41. The minimum absolute atomic E-state index is 0.0304. The summed E-state index contributed by atoms with van der Waals surface area (Å²) in [6, 6.07) is 6.76. The fourth-order valence-electron chi connectivity index (χ4n) is 3.82. The van der Waals surface area contributed by atoms with Gasteiger partial charge in [0, 0.05) is 44.2 Å². The lowest BCUT2D eigenvalue weighted by Crippen LogP contribution is -2.53. The highest BCUT2D eigenvalue weighted by Crippen LogP contribution is 2.24. The predicted molar refractivity (Wildman–Crippen MR) is 119 cm³/mol. The van der Waals surface area contributed by atoms with Crippen molar-refractivity contribution in [1.29, 1.82) is 0 Å². The number of nitrogens with zero attached hydrogens (tertiary/aromatic N) is 2. The van der Waals surface area contributed by atoms with Crippen LogP contribution in [0.4, 0.5) is 5.69 Å². The highest BCUT2D eigenvalue weighted by Gasteiger charge is 2.27. The normalized spacial score (nSPS) is 17.1. The third-order valence-electron chi connectivity index (χ3n) is 5.40. The number of hydrogen-bond donors (Lipinski definition) is 0. The molecule has 6 heteroatoms. The van der Waals surface area contributed by atoms with E-state index in [2.05, 4.69) is 43.9 Å². The van der Waals surface area contributed by atoms with Crippen molar-refractivity contribution in [2.75, 3.05) is 24.5 Å². The lowest BCUT2D eigenvalue weighted by atomic mass is 10.0. The van der Waals surface area contributed by atoms with Crippen LogP contribution in [-0.4, -0.2) is 53.8 Å². The van der Waals surface area contributed by atoms with Crippen molar-refractivity contribution in [2.24, 2.45) is 0 Å². The number of benzene rings is 1. The topological polar surface area (TPSA) is 66.9 Å². The number of carbonyl (C=O) groups excluding carboxylic acids is 3. The molecule has 0 unspecified atom stereocenters. The number of anilines is 1. The number of ketones is 1. The van der Waals surface area contributed by atoms with E-state index >= 15 is 0 Å². The maximum absolute atomic E-state index is 12.6. The van der Waals surface area contributed by atoms with Crippen LogP contribution in [0, 0.1) is 6.92 Å². The number of esters is 1. The first-order valence-electron chi connectivity index (χ1n) is 10.9. The van der Waals surface area contributed by atoms with Gasteiger partial charge in [0.05, 0.1) is 0 Å². The predicted octanol–water partition coefficient (Wildman–Crippen LogP) is 3.68. The number of carbonyl (C=O) groups is 3. The van der Waals surface area contributed by atoms with E-state index in [1.54, 1.807) is 20.8 Å². The average Bonchev–Trinajstić information content (AvgIpc) is 2.65. The molecule has 0 spiro atoms. The molecule has 1 atom stereocenters. The summed E-state index contributed by atoms with van der Waals surface area (Å²) in [5, 5.41) is 0. The summed E-state index contributed by atoms with van der Waals surface area (Å²) in [5.41, 5.74) is 3.24. The Labute approximate surface area is 180 Å². The molecule has 1 aromatic rings. The van der Waals surface area contributed by atoms with Gasteiger partial charge in [-0.05, 0) is 64.3 Å². The second kappa shape index (κ2) is 10.1. The largest absolute Gasteiger partial charge is 0.460 e. The number of ether oxygens (including phenoxy) is 1. The molecule has 0 saturated carbocycles. The maximum Gasteiger partial charge on any atom is 0.313 e. The molecule has 1 heterocycles. The number of rotatable bonds is 7. The first-order chi connectivity index (χ1) is 14.0. The summed E-state index contributed by atoms with van der Waals surface area (Å²) in [5.74, 6) is -0.819. The van der Waals surface area contributed by atoms with E-state index in [0.29, 0.717) is 13.1 Å². The van der Waals surface area contributed by atoms with Gasteiger partial charge in [-0.1, -0.05) is 13.0 Å². The monoisotopic (exact) mass is 416 g/mol. The SMILES string of the molecule is CCc1cc(N2CCN(C(=O)CCC(=O)CC(=O)OC(C)(C)C)C[C@@H]2C)ccc1C. The van der Waals surface area contributed by atoms with Crippen LogP contribution in [0.15, 0.2) is 18.2 Å². The van der Waals surface area contributed by atoms with Crippen molar-refractivity contribution in [3.8, 4) is 0 Å². The van der Waals surface area contributed by atoms with Crippen LogP contribution in [0.1, 0.15) is 65.0 Å². The minimum Gasteiger partial charge on any atom is -0.460 e. The molecule has 0 radical (unpaired) electrons. The summed E-state index contributed by atoms with van der Waals surface area (Å²) < 4.78 is 5.16. The van der Waals surface area contributed by atoms with Gasteiger partial charge < -0.3 is 14.5 Å². The molecule has 1 aromatic carbocycles. The van der Waals surface area contributed by atoms with Crippen molar-refractivity contribution in [3.63, 3.8) is 0 Å². The fraction of sp³-hybridized carbons (Fsp3) is 0.625. The summed E-state index contributed by atoms with van der Waals surface area (Å²) in [4.78, 5) is 40.6. The number of amides is 1. The van der Waals surface area contributed by atoms with Gasteiger partial charge in [-0.3, -0.25) is 14.4 Å². The molecule has 1 aliphatic heterocycles. The van der Waals surface area contributed by atoms with Gasteiger partial charge in [0.25, 0.3) is 0 Å². The minimum atomic E-state index is -0.613. The maximum atomic E-state index is 12.6. The molecule has 166 valence electrons. The Hall–Kier alpha value is -2.37. The molecule has 2 rings (SSSR count). The van der Waals surface area contributed by atoms with Gasteiger partial charge in [-0.15, -0.1) is 0 Å². The average molecular weight is 417 g/mol. The van der Waals surface area contributed by atoms with E-state index < -0.39 is 11.6 Å². The third-order valence-corrected chi connectivity index (χ3v) is 5.40. The molecule has 1 amide bonds. The zero-order chi connectivity index (χ0) is 22.5. The van der Waals surface area contributed by atoms with Gasteiger partial charge in [0.1, 0.15) is 17.8 Å². The van der Waals surface area contributed by atoms with Crippen LogP contribution in [0.5, 0.6) is 0 Å². The smallest absolute Gasteiger partial charge is 0.313 e. The molecule has 0 aliphatic carbocycles. The van der Waals surface area contributed by atoms with Crippen molar-refractivity contribution < 1.29 is 19.1 Å². The first kappa shape index (κ1) is 23.9. The van der Waals surface area contributed by atoms with Crippen LogP contribution >= 0.6 is 0 Å². The third kappa shape index (κ3) is 6.85. The molecule has 1 saturated heterocycles. The summed E-state index contributed by atoms with van der Waals surface area (Å²) in [7, 11) is 0. The van der Waals surface area contributed by atoms with Gasteiger partial charge in [-0.2, -0.15) is 0 Å². The highest BCUT2D eigenvalue weighted by atomic mass is 16.6. The summed E-state index contributed by atoms with van der Waals surface area (Å²) >= 11 is 0. The molecule has 0 N–H and O–H groups in total. The molecule has 0 aromatic heterocycles. The summed E-state index contributed by atoms with van der Waals surface area (Å²) in [6.07, 6.45) is 0.940. The van der Waals surface area contributed by atoms with Crippen molar-refractivity contribution >= 4 is 23.3 Å². The van der Waals surface area contributed by atoms with Gasteiger partial charge >= 0.3 is 5.97 Å². The zero-order valence-electron chi connectivity index (χ0n) is 19.3. The molecule has 30 heavy (non-hydrogen) atoms. The summed E-state index contributed by atoms with van der Waals surface area (Å²) in [6.45, 7) is 13.7. The Balaban J connectivity index is 1.84.